The van der Waals surface area contributed by atoms with Crippen LogP contribution in [0.3, 0.4) is 0 Å². The van der Waals surface area contributed by atoms with Crippen molar-refractivity contribution in [1.29, 1.82) is 0 Å². The number of nitrogens with one attached hydrogen (secondary N) is 2. The molecule has 0 aliphatic heterocycles. The zero-order chi connectivity index (χ0) is 13.0. The lowest BCUT2D eigenvalue weighted by Crippen LogP contribution is -2.14. The Morgan fingerprint density at radius 2 is 2.11 bits per heavy atom. The second-order valence-electron chi connectivity index (χ2n) is 3.76. The fourth-order valence-corrected chi connectivity index (χ4v) is 1.98. The fraction of sp³-hybridized carbons (Fsp3) is 0.273. The number of hydrogen-bond donors (Lipinski definition) is 3. The molecule has 2 aromatic rings. The molecule has 0 radical (unpaired) electrons. The van der Waals surface area contributed by atoms with Crippen LogP contribution in [0.1, 0.15) is 0 Å². The standard InChI is InChI=1S/C11H15N5OS/c1-18(17)7-6-13-10-8-4-2-3-5-9(8)14-11(15-10)16-12/h2-5H,6-7,12H2,1H3,(H2,13,14,15,16). The Morgan fingerprint density at radius 1 is 1.33 bits per heavy atom. The van der Waals surface area contributed by atoms with Gasteiger partial charge in [0.25, 0.3) is 0 Å². The lowest BCUT2D eigenvalue weighted by atomic mass is 10.2. The van der Waals surface area contributed by atoms with Crippen LogP contribution < -0.4 is 16.6 Å². The molecule has 1 aromatic carbocycles. The van der Waals surface area contributed by atoms with Crippen molar-refractivity contribution in [2.75, 3.05) is 29.3 Å². The summed E-state index contributed by atoms with van der Waals surface area (Å²) in [6.45, 7) is 0.591. The second-order valence-corrected chi connectivity index (χ2v) is 5.32. The number of hydrogen-bond acceptors (Lipinski definition) is 6. The molecule has 4 N–H and O–H groups in total. The molecule has 7 heteroatoms. The summed E-state index contributed by atoms with van der Waals surface area (Å²) in [5, 5.41) is 4.07. The van der Waals surface area contributed by atoms with Crippen LogP contribution >= 0.6 is 0 Å². The van der Waals surface area contributed by atoms with E-state index in [-0.39, 0.29) is 0 Å². The van der Waals surface area contributed by atoms with Gasteiger partial charge >= 0.3 is 0 Å². The van der Waals surface area contributed by atoms with Gasteiger partial charge in [0.2, 0.25) is 5.95 Å². The topological polar surface area (TPSA) is 92.9 Å². The molecular formula is C11H15N5OS. The molecule has 1 heterocycles. The number of nitrogen functional groups attached to an aromatic ring is 1. The summed E-state index contributed by atoms with van der Waals surface area (Å²) in [4.78, 5) is 8.51. The fourth-order valence-electron chi connectivity index (χ4n) is 1.59. The molecule has 1 atom stereocenters. The molecule has 18 heavy (non-hydrogen) atoms. The van der Waals surface area contributed by atoms with Gasteiger partial charge in [-0.1, -0.05) is 12.1 Å². The smallest absolute Gasteiger partial charge is 0.239 e. The molecule has 0 saturated carbocycles. The number of aromatic nitrogens is 2. The molecule has 1 aromatic heterocycles. The first-order valence-corrected chi connectivity index (χ1v) is 7.20. The highest BCUT2D eigenvalue weighted by Crippen LogP contribution is 2.21. The minimum atomic E-state index is -0.826. The maximum absolute atomic E-state index is 11.0. The maximum Gasteiger partial charge on any atom is 0.239 e. The highest BCUT2D eigenvalue weighted by Gasteiger charge is 2.06. The van der Waals surface area contributed by atoms with Crippen molar-refractivity contribution in [1.82, 2.24) is 9.97 Å². The average molecular weight is 265 g/mol. The van der Waals surface area contributed by atoms with Crippen molar-refractivity contribution in [3.05, 3.63) is 24.3 Å². The summed E-state index contributed by atoms with van der Waals surface area (Å²) in [6, 6.07) is 7.65. The van der Waals surface area contributed by atoms with Gasteiger partial charge in [0.15, 0.2) is 0 Å². The Hall–Kier alpha value is -1.73. The predicted molar refractivity (Wildman–Crippen MR) is 74.8 cm³/mol. The van der Waals surface area contributed by atoms with E-state index in [0.717, 1.165) is 10.9 Å². The van der Waals surface area contributed by atoms with E-state index in [4.69, 9.17) is 5.84 Å². The molecule has 96 valence electrons. The van der Waals surface area contributed by atoms with Gasteiger partial charge in [0.05, 0.1) is 5.52 Å². The van der Waals surface area contributed by atoms with E-state index in [2.05, 4.69) is 20.7 Å². The van der Waals surface area contributed by atoms with E-state index < -0.39 is 10.8 Å². The van der Waals surface area contributed by atoms with Crippen molar-refractivity contribution >= 4 is 33.5 Å². The van der Waals surface area contributed by atoms with Crippen molar-refractivity contribution in [2.45, 2.75) is 0 Å². The van der Waals surface area contributed by atoms with Crippen LogP contribution in [0.25, 0.3) is 10.9 Å². The third-order valence-electron chi connectivity index (χ3n) is 2.41. The number of benzene rings is 1. The van der Waals surface area contributed by atoms with Gasteiger partial charge < -0.3 is 5.32 Å². The van der Waals surface area contributed by atoms with Crippen LogP contribution in [0.2, 0.25) is 0 Å². The van der Waals surface area contributed by atoms with Gasteiger partial charge in [0, 0.05) is 34.7 Å². The minimum absolute atomic E-state index is 0.355. The molecule has 2 rings (SSSR count). The van der Waals surface area contributed by atoms with E-state index in [9.17, 15) is 4.21 Å². The van der Waals surface area contributed by atoms with Crippen molar-refractivity contribution in [3.8, 4) is 0 Å². The molecule has 0 fully saturated rings. The minimum Gasteiger partial charge on any atom is -0.368 e. The van der Waals surface area contributed by atoms with Crippen LogP contribution in [-0.2, 0) is 10.8 Å². The van der Waals surface area contributed by atoms with Gasteiger partial charge in [-0.05, 0) is 12.1 Å². The first kappa shape index (κ1) is 12.7. The predicted octanol–water partition coefficient (Wildman–Crippen LogP) is 0.706. The molecule has 1 unspecified atom stereocenters. The lowest BCUT2D eigenvalue weighted by Gasteiger charge is -2.09. The summed E-state index contributed by atoms with van der Waals surface area (Å²) in [7, 11) is -0.826. The number of anilines is 2. The third kappa shape index (κ3) is 2.93. The molecule has 0 amide bonds. The Morgan fingerprint density at radius 3 is 2.83 bits per heavy atom. The summed E-state index contributed by atoms with van der Waals surface area (Å²) in [5.41, 5.74) is 3.24. The quantitative estimate of drug-likeness (QED) is 0.544. The number of nitrogens with zero attached hydrogens (tertiary/aromatic N) is 2. The van der Waals surface area contributed by atoms with E-state index in [1.807, 2.05) is 24.3 Å². The summed E-state index contributed by atoms with van der Waals surface area (Å²) < 4.78 is 11.0. The average Bonchev–Trinajstić information content (AvgIpc) is 2.38. The van der Waals surface area contributed by atoms with Crippen LogP contribution in [0.5, 0.6) is 0 Å². The molecule has 0 bridgehead atoms. The van der Waals surface area contributed by atoms with Crippen molar-refractivity contribution in [2.24, 2.45) is 5.84 Å². The van der Waals surface area contributed by atoms with Crippen LogP contribution in [-0.4, -0.2) is 32.7 Å². The molecular weight excluding hydrogens is 250 g/mol. The Bertz CT molecular complexity index is 574. The van der Waals surface area contributed by atoms with E-state index in [0.29, 0.717) is 24.1 Å². The van der Waals surface area contributed by atoms with Crippen molar-refractivity contribution < 1.29 is 4.21 Å². The first-order chi connectivity index (χ1) is 8.70. The summed E-state index contributed by atoms with van der Waals surface area (Å²) in [5.74, 6) is 6.96. The SMILES string of the molecule is CS(=O)CCNc1nc(NN)nc2ccccc12. The van der Waals surface area contributed by atoms with Gasteiger partial charge in [-0.2, -0.15) is 4.98 Å². The Labute approximate surface area is 107 Å². The number of para-hydroxylation sites is 1. The number of nitrogens with two attached hydrogens (primary N) is 1. The van der Waals surface area contributed by atoms with Crippen LogP contribution in [0.15, 0.2) is 24.3 Å². The highest BCUT2D eigenvalue weighted by atomic mass is 32.2. The molecule has 0 saturated heterocycles. The molecule has 0 aliphatic carbocycles. The van der Waals surface area contributed by atoms with Gasteiger partial charge in [-0.15, -0.1) is 0 Å². The zero-order valence-electron chi connectivity index (χ0n) is 10.0. The van der Waals surface area contributed by atoms with Gasteiger partial charge in [-0.25, -0.2) is 10.8 Å². The lowest BCUT2D eigenvalue weighted by molar-refractivity contribution is 0.687. The third-order valence-corrected chi connectivity index (χ3v) is 3.19. The number of rotatable bonds is 5. The van der Waals surface area contributed by atoms with Gasteiger partial charge in [0.1, 0.15) is 5.82 Å². The highest BCUT2D eigenvalue weighted by molar-refractivity contribution is 7.84. The molecule has 0 aliphatic rings. The zero-order valence-corrected chi connectivity index (χ0v) is 10.8. The van der Waals surface area contributed by atoms with Crippen molar-refractivity contribution in [3.63, 3.8) is 0 Å². The van der Waals surface area contributed by atoms with Gasteiger partial charge in [-0.3, -0.25) is 9.63 Å². The van der Waals surface area contributed by atoms with Crippen LogP contribution in [0, 0.1) is 0 Å². The summed E-state index contributed by atoms with van der Waals surface area (Å²) in [6.07, 6.45) is 1.67. The largest absolute Gasteiger partial charge is 0.368 e. The van der Waals surface area contributed by atoms with E-state index in [1.165, 1.54) is 0 Å². The summed E-state index contributed by atoms with van der Waals surface area (Å²) >= 11 is 0. The Balaban J connectivity index is 2.31. The first-order valence-electron chi connectivity index (χ1n) is 5.48. The Kier molecular flexibility index (Phi) is 4.06. The number of fused-ring (bicyclic) bond motifs is 1. The van der Waals surface area contributed by atoms with E-state index >= 15 is 0 Å². The second kappa shape index (κ2) is 5.74. The molecule has 0 spiro atoms. The molecule has 6 nitrogen and oxygen atoms in total. The monoisotopic (exact) mass is 265 g/mol. The normalized spacial score (nSPS) is 12.3. The number of hydrazine groups is 1. The van der Waals surface area contributed by atoms with Crippen LogP contribution in [0.4, 0.5) is 11.8 Å². The maximum atomic E-state index is 11.0. The van der Waals surface area contributed by atoms with E-state index in [1.54, 1.807) is 6.26 Å².